The van der Waals surface area contributed by atoms with Crippen molar-refractivity contribution in [2.45, 2.75) is 52.6 Å². The summed E-state index contributed by atoms with van der Waals surface area (Å²) in [6, 6.07) is 0. The highest BCUT2D eigenvalue weighted by Gasteiger charge is 2.66. The molecule has 4 heteroatoms. The number of carbonyl (C=O) groups is 2. The summed E-state index contributed by atoms with van der Waals surface area (Å²) in [7, 11) is 0. The summed E-state index contributed by atoms with van der Waals surface area (Å²) in [6.45, 7) is 6.45. The van der Waals surface area contributed by atoms with Crippen LogP contribution in [0, 0.1) is 10.8 Å². The van der Waals surface area contributed by atoms with Crippen LogP contribution in [-0.4, -0.2) is 28.2 Å². The summed E-state index contributed by atoms with van der Waals surface area (Å²) >= 11 is 5.75. The van der Waals surface area contributed by atoms with Gasteiger partial charge >= 0.3 is 0 Å². The number of Topliss-reactive ketones (excluding diaryl/α,β-unsaturated/α-hetero) is 2. The van der Waals surface area contributed by atoms with Crippen LogP contribution in [0.3, 0.4) is 0 Å². The van der Waals surface area contributed by atoms with Gasteiger partial charge in [0.15, 0.2) is 0 Å². The van der Waals surface area contributed by atoms with Gasteiger partial charge in [0.25, 0.3) is 0 Å². The molecule has 0 aliphatic heterocycles. The minimum absolute atomic E-state index is 0.0740. The van der Waals surface area contributed by atoms with Gasteiger partial charge in [-0.3, -0.25) is 9.59 Å². The van der Waals surface area contributed by atoms with Gasteiger partial charge in [-0.25, -0.2) is 0 Å². The summed E-state index contributed by atoms with van der Waals surface area (Å²) in [6.07, 6.45) is 1.33. The zero-order valence-corrected chi connectivity index (χ0v) is 11.7. The number of ketones is 2. The van der Waals surface area contributed by atoms with Gasteiger partial charge in [0, 0.05) is 5.88 Å². The van der Waals surface area contributed by atoms with E-state index in [-0.39, 0.29) is 23.9 Å². The van der Waals surface area contributed by atoms with Crippen LogP contribution in [0.25, 0.3) is 0 Å². The lowest BCUT2D eigenvalue weighted by molar-refractivity contribution is -0.163. The molecule has 0 saturated heterocycles. The molecule has 1 aliphatic carbocycles. The molecule has 1 rings (SSSR count). The number of rotatable bonds is 4. The molecule has 1 fully saturated rings. The topological polar surface area (TPSA) is 54.4 Å². The predicted octanol–water partition coefficient (Wildman–Crippen LogP) is 2.33. The van der Waals surface area contributed by atoms with Gasteiger partial charge in [0.05, 0.1) is 16.4 Å². The number of hydrogen-bond donors (Lipinski definition) is 1. The number of hydrogen-bond acceptors (Lipinski definition) is 3. The Kier molecular flexibility index (Phi) is 3.76. The molecule has 1 aliphatic rings. The fraction of sp³-hybridized carbons (Fsp3) is 0.846. The molecule has 1 saturated carbocycles. The van der Waals surface area contributed by atoms with E-state index in [0.717, 1.165) is 0 Å². The van der Waals surface area contributed by atoms with Crippen molar-refractivity contribution in [2.24, 2.45) is 10.8 Å². The Balaban J connectivity index is 3.34. The molecule has 0 aromatic rings. The number of alkyl halides is 1. The molecule has 17 heavy (non-hydrogen) atoms. The molecule has 1 unspecified atom stereocenters. The molecule has 98 valence electrons. The van der Waals surface area contributed by atoms with Gasteiger partial charge in [-0.2, -0.15) is 0 Å². The smallest absolute Gasteiger partial charge is 0.138 e. The highest BCUT2D eigenvalue weighted by molar-refractivity contribution is 6.18. The fourth-order valence-electron chi connectivity index (χ4n) is 3.15. The van der Waals surface area contributed by atoms with E-state index in [2.05, 4.69) is 0 Å². The van der Waals surface area contributed by atoms with Crippen molar-refractivity contribution < 1.29 is 14.7 Å². The second kappa shape index (κ2) is 4.36. The van der Waals surface area contributed by atoms with Crippen LogP contribution in [0.5, 0.6) is 0 Å². The first-order valence-corrected chi connectivity index (χ1v) is 6.49. The molecule has 0 spiro atoms. The molecule has 0 amide bonds. The van der Waals surface area contributed by atoms with Crippen molar-refractivity contribution >= 4 is 23.2 Å². The molecule has 1 N–H and O–H groups in total. The van der Waals surface area contributed by atoms with E-state index in [0.29, 0.717) is 12.8 Å². The molecule has 0 heterocycles. The lowest BCUT2D eigenvalue weighted by Crippen LogP contribution is -2.57. The third-order valence-corrected chi connectivity index (χ3v) is 5.15. The Bertz CT molecular complexity index is 325. The summed E-state index contributed by atoms with van der Waals surface area (Å²) in [5, 5.41) is 10.9. The van der Waals surface area contributed by atoms with Crippen molar-refractivity contribution in [2.75, 3.05) is 5.88 Å². The Morgan fingerprint density at radius 2 is 1.47 bits per heavy atom. The van der Waals surface area contributed by atoms with Gasteiger partial charge in [0.2, 0.25) is 0 Å². The monoisotopic (exact) mass is 260 g/mol. The van der Waals surface area contributed by atoms with Gasteiger partial charge in [-0.05, 0) is 47.0 Å². The minimum atomic E-state index is -1.33. The van der Waals surface area contributed by atoms with Gasteiger partial charge in [0.1, 0.15) is 11.6 Å². The van der Waals surface area contributed by atoms with Crippen LogP contribution in [0.2, 0.25) is 0 Å². The Labute approximate surface area is 108 Å². The highest BCUT2D eigenvalue weighted by Crippen LogP contribution is 2.59. The van der Waals surface area contributed by atoms with Gasteiger partial charge in [-0.15, -0.1) is 11.6 Å². The maximum Gasteiger partial charge on any atom is 0.138 e. The van der Waals surface area contributed by atoms with Crippen LogP contribution >= 0.6 is 11.6 Å². The lowest BCUT2D eigenvalue weighted by Gasteiger charge is -2.45. The van der Waals surface area contributed by atoms with Crippen molar-refractivity contribution in [1.29, 1.82) is 0 Å². The number of aliphatic hydroxyl groups is 1. The Morgan fingerprint density at radius 1 is 1.12 bits per heavy atom. The van der Waals surface area contributed by atoms with Crippen molar-refractivity contribution in [1.82, 2.24) is 0 Å². The second-order valence-corrected chi connectivity index (χ2v) is 5.95. The molecule has 3 nitrogen and oxygen atoms in total. The lowest BCUT2D eigenvalue weighted by atomic mass is 9.62. The zero-order chi connectivity index (χ0) is 13.5. The molecular formula is C13H21ClO3. The largest absolute Gasteiger partial charge is 0.388 e. The molecule has 0 radical (unpaired) electrons. The normalized spacial score (nSPS) is 41.5. The van der Waals surface area contributed by atoms with Crippen LogP contribution in [0.1, 0.15) is 47.0 Å². The van der Waals surface area contributed by atoms with E-state index < -0.39 is 16.4 Å². The zero-order valence-electron chi connectivity index (χ0n) is 11.0. The van der Waals surface area contributed by atoms with Crippen LogP contribution in [0.15, 0.2) is 0 Å². The third kappa shape index (κ3) is 1.75. The fourth-order valence-corrected chi connectivity index (χ4v) is 3.42. The van der Waals surface area contributed by atoms with Gasteiger partial charge < -0.3 is 5.11 Å². The second-order valence-electron chi connectivity index (χ2n) is 5.58. The SMILES string of the molecule is CC(=O)[C@]1(C)CC[C@](C)(C(C)=O)C1(O)CCCl. The van der Waals surface area contributed by atoms with Crippen molar-refractivity contribution in [3.63, 3.8) is 0 Å². The number of halogens is 1. The molecule has 0 aromatic heterocycles. The van der Waals surface area contributed by atoms with Gasteiger partial charge in [-0.1, -0.05) is 0 Å². The predicted molar refractivity (Wildman–Crippen MR) is 67.1 cm³/mol. The van der Waals surface area contributed by atoms with Crippen LogP contribution in [0.4, 0.5) is 0 Å². The van der Waals surface area contributed by atoms with Crippen LogP contribution in [-0.2, 0) is 9.59 Å². The van der Waals surface area contributed by atoms with E-state index in [1.54, 1.807) is 13.8 Å². The van der Waals surface area contributed by atoms with E-state index in [1.165, 1.54) is 13.8 Å². The summed E-state index contributed by atoms with van der Waals surface area (Å²) in [5.74, 6) is 0.0904. The average Bonchev–Trinajstić information content (AvgIpc) is 2.43. The third-order valence-electron chi connectivity index (χ3n) is 4.96. The van der Waals surface area contributed by atoms with Crippen molar-refractivity contribution in [3.8, 4) is 0 Å². The molecule has 0 aromatic carbocycles. The summed E-state index contributed by atoms with van der Waals surface area (Å²) in [4.78, 5) is 23.7. The summed E-state index contributed by atoms with van der Waals surface area (Å²) in [5.41, 5.74) is -3.08. The van der Waals surface area contributed by atoms with Crippen molar-refractivity contribution in [3.05, 3.63) is 0 Å². The maximum absolute atomic E-state index is 11.9. The van der Waals surface area contributed by atoms with E-state index >= 15 is 0 Å². The van der Waals surface area contributed by atoms with E-state index in [9.17, 15) is 14.7 Å². The Hall–Kier alpha value is -0.410. The first-order chi connectivity index (χ1) is 7.65. The van der Waals surface area contributed by atoms with Crippen LogP contribution < -0.4 is 0 Å². The summed E-state index contributed by atoms with van der Waals surface area (Å²) < 4.78 is 0. The molecular weight excluding hydrogens is 240 g/mol. The average molecular weight is 261 g/mol. The molecule has 0 bridgehead atoms. The minimum Gasteiger partial charge on any atom is -0.388 e. The first kappa shape index (κ1) is 14.7. The van der Waals surface area contributed by atoms with E-state index in [1.807, 2.05) is 0 Å². The number of carbonyl (C=O) groups excluding carboxylic acids is 2. The quantitative estimate of drug-likeness (QED) is 0.790. The molecule has 3 atom stereocenters. The standard InChI is InChI=1S/C13H21ClO3/c1-9(15)11(3)5-6-12(4,10(2)16)13(11,17)7-8-14/h17H,5-8H2,1-4H3/t11-,12+,13?. The highest BCUT2D eigenvalue weighted by atomic mass is 35.5. The first-order valence-electron chi connectivity index (χ1n) is 5.96. The maximum atomic E-state index is 11.9. The van der Waals surface area contributed by atoms with E-state index in [4.69, 9.17) is 11.6 Å². The Morgan fingerprint density at radius 3 is 1.71 bits per heavy atom.